The van der Waals surface area contributed by atoms with E-state index in [1.807, 2.05) is 6.92 Å². The normalized spacial score (nSPS) is 29.3. The zero-order valence-corrected chi connectivity index (χ0v) is 13.1. The Hall–Kier alpha value is -0.610. The maximum atomic E-state index is 11.8. The Bertz CT molecular complexity index is 309. The van der Waals surface area contributed by atoms with Gasteiger partial charge < -0.3 is 14.5 Å². The summed E-state index contributed by atoms with van der Waals surface area (Å²) >= 11 is 0. The first-order valence-electron chi connectivity index (χ1n) is 8.30. The second-order valence-electron chi connectivity index (χ2n) is 6.31. The summed E-state index contributed by atoms with van der Waals surface area (Å²) in [6, 6.07) is 0.742. The molecule has 0 bridgehead atoms. The highest BCUT2D eigenvalue weighted by molar-refractivity contribution is 5.72. The third-order valence-corrected chi connectivity index (χ3v) is 4.83. The summed E-state index contributed by atoms with van der Waals surface area (Å²) in [7, 11) is 2.25. The van der Waals surface area contributed by atoms with Gasteiger partial charge in [-0.1, -0.05) is 6.42 Å². The lowest BCUT2D eigenvalue weighted by atomic mass is 9.96. The molecule has 2 aliphatic heterocycles. The predicted octanol–water partition coefficient (Wildman–Crippen LogP) is 2.14. The number of piperidine rings is 2. The predicted molar refractivity (Wildman–Crippen MR) is 80.7 cm³/mol. The number of esters is 1. The number of nitrogens with zero attached hydrogens (tertiary/aromatic N) is 2. The van der Waals surface area contributed by atoms with Crippen molar-refractivity contribution >= 4 is 5.97 Å². The van der Waals surface area contributed by atoms with Gasteiger partial charge in [0.25, 0.3) is 0 Å². The number of carbonyl (C=O) groups is 1. The number of rotatable bonds is 5. The Morgan fingerprint density at radius 3 is 2.80 bits per heavy atom. The molecule has 4 nitrogen and oxygen atoms in total. The van der Waals surface area contributed by atoms with Crippen molar-refractivity contribution in [3.05, 3.63) is 0 Å². The number of carbonyl (C=O) groups excluding carboxylic acids is 1. The maximum absolute atomic E-state index is 11.8. The SMILES string of the molecule is CCOC(=O)[C@H]1CCCN(CCC2CCCCN2C)C1. The minimum atomic E-state index is 0.00647. The van der Waals surface area contributed by atoms with E-state index in [-0.39, 0.29) is 11.9 Å². The zero-order chi connectivity index (χ0) is 14.4. The summed E-state index contributed by atoms with van der Waals surface area (Å²) in [5.74, 6) is 0.111. The molecule has 4 heteroatoms. The van der Waals surface area contributed by atoms with Crippen LogP contribution in [-0.4, -0.2) is 61.6 Å². The molecule has 2 aliphatic rings. The average Bonchev–Trinajstić information content (AvgIpc) is 2.47. The fourth-order valence-electron chi connectivity index (χ4n) is 3.55. The molecule has 0 aromatic heterocycles. The van der Waals surface area contributed by atoms with Crippen LogP contribution in [0.2, 0.25) is 0 Å². The van der Waals surface area contributed by atoms with E-state index in [1.165, 1.54) is 32.2 Å². The molecule has 2 rings (SSSR count). The Labute approximate surface area is 123 Å². The number of hydrogen-bond donors (Lipinski definition) is 0. The van der Waals surface area contributed by atoms with E-state index in [0.29, 0.717) is 6.61 Å². The molecule has 0 N–H and O–H groups in total. The molecule has 2 heterocycles. The monoisotopic (exact) mass is 282 g/mol. The van der Waals surface area contributed by atoms with Gasteiger partial charge in [-0.05, 0) is 65.7 Å². The second kappa shape index (κ2) is 7.99. The Morgan fingerprint density at radius 1 is 1.20 bits per heavy atom. The summed E-state index contributed by atoms with van der Waals surface area (Å²) in [5.41, 5.74) is 0. The van der Waals surface area contributed by atoms with Crippen molar-refractivity contribution in [1.82, 2.24) is 9.80 Å². The fourth-order valence-corrected chi connectivity index (χ4v) is 3.55. The van der Waals surface area contributed by atoms with E-state index in [2.05, 4.69) is 16.8 Å². The maximum Gasteiger partial charge on any atom is 0.310 e. The summed E-state index contributed by atoms with van der Waals surface area (Å²) in [6.07, 6.45) is 7.43. The van der Waals surface area contributed by atoms with Crippen LogP contribution in [0.5, 0.6) is 0 Å². The van der Waals surface area contributed by atoms with Gasteiger partial charge in [0.1, 0.15) is 0 Å². The van der Waals surface area contributed by atoms with E-state index in [1.54, 1.807) is 0 Å². The average molecular weight is 282 g/mol. The van der Waals surface area contributed by atoms with Gasteiger partial charge in [0.15, 0.2) is 0 Å². The number of ether oxygens (including phenoxy) is 1. The first-order valence-corrected chi connectivity index (χ1v) is 8.30. The van der Waals surface area contributed by atoms with Crippen molar-refractivity contribution in [2.24, 2.45) is 5.92 Å². The molecular weight excluding hydrogens is 252 g/mol. The summed E-state index contributed by atoms with van der Waals surface area (Å²) in [4.78, 5) is 16.8. The van der Waals surface area contributed by atoms with Gasteiger partial charge in [0.05, 0.1) is 12.5 Å². The molecule has 2 saturated heterocycles. The molecule has 0 aromatic carbocycles. The van der Waals surface area contributed by atoms with Crippen LogP contribution < -0.4 is 0 Å². The van der Waals surface area contributed by atoms with E-state index >= 15 is 0 Å². The lowest BCUT2D eigenvalue weighted by Crippen LogP contribution is -2.43. The van der Waals surface area contributed by atoms with Crippen LogP contribution in [-0.2, 0) is 9.53 Å². The topological polar surface area (TPSA) is 32.8 Å². The minimum absolute atomic E-state index is 0.00647. The lowest BCUT2D eigenvalue weighted by Gasteiger charge is -2.36. The molecule has 2 atom stereocenters. The van der Waals surface area contributed by atoms with Gasteiger partial charge in [-0.25, -0.2) is 0 Å². The van der Waals surface area contributed by atoms with Crippen molar-refractivity contribution in [2.45, 2.75) is 51.5 Å². The Morgan fingerprint density at radius 2 is 2.05 bits per heavy atom. The smallest absolute Gasteiger partial charge is 0.310 e. The van der Waals surface area contributed by atoms with Crippen molar-refractivity contribution in [1.29, 1.82) is 0 Å². The van der Waals surface area contributed by atoms with E-state index in [0.717, 1.165) is 38.5 Å². The molecule has 116 valence electrons. The van der Waals surface area contributed by atoms with Crippen molar-refractivity contribution in [3.63, 3.8) is 0 Å². The van der Waals surface area contributed by atoms with Crippen LogP contribution >= 0.6 is 0 Å². The number of likely N-dealkylation sites (tertiary alicyclic amines) is 2. The Kier molecular flexibility index (Phi) is 6.30. The van der Waals surface area contributed by atoms with Crippen LogP contribution in [0.15, 0.2) is 0 Å². The summed E-state index contributed by atoms with van der Waals surface area (Å²) < 4.78 is 5.17. The quantitative estimate of drug-likeness (QED) is 0.723. The van der Waals surface area contributed by atoms with Gasteiger partial charge in [-0.15, -0.1) is 0 Å². The number of hydrogen-bond acceptors (Lipinski definition) is 4. The van der Waals surface area contributed by atoms with Gasteiger partial charge in [0, 0.05) is 12.6 Å². The van der Waals surface area contributed by atoms with Crippen LogP contribution in [0.25, 0.3) is 0 Å². The first-order chi connectivity index (χ1) is 9.70. The van der Waals surface area contributed by atoms with E-state index < -0.39 is 0 Å². The molecule has 20 heavy (non-hydrogen) atoms. The van der Waals surface area contributed by atoms with E-state index in [9.17, 15) is 4.79 Å². The third-order valence-electron chi connectivity index (χ3n) is 4.83. The minimum Gasteiger partial charge on any atom is -0.466 e. The zero-order valence-electron chi connectivity index (χ0n) is 13.1. The van der Waals surface area contributed by atoms with Gasteiger partial charge in [-0.2, -0.15) is 0 Å². The molecule has 0 spiro atoms. The van der Waals surface area contributed by atoms with Crippen LogP contribution in [0.3, 0.4) is 0 Å². The molecule has 0 amide bonds. The van der Waals surface area contributed by atoms with Crippen molar-refractivity contribution in [2.75, 3.05) is 39.8 Å². The molecule has 0 radical (unpaired) electrons. The second-order valence-corrected chi connectivity index (χ2v) is 6.31. The molecular formula is C16H30N2O2. The highest BCUT2D eigenvalue weighted by atomic mass is 16.5. The standard InChI is InChI=1S/C16H30N2O2/c1-3-20-16(19)14-7-6-11-18(13-14)12-9-15-8-4-5-10-17(15)2/h14-15H,3-13H2,1-2H3/t14-,15?/m0/s1. The third kappa shape index (κ3) is 4.45. The molecule has 1 unspecified atom stereocenters. The van der Waals surface area contributed by atoms with Crippen LogP contribution in [0.1, 0.15) is 45.4 Å². The van der Waals surface area contributed by atoms with Gasteiger partial charge in [-0.3, -0.25) is 4.79 Å². The highest BCUT2D eigenvalue weighted by Gasteiger charge is 2.27. The molecule has 0 aliphatic carbocycles. The highest BCUT2D eigenvalue weighted by Crippen LogP contribution is 2.21. The molecule has 0 aromatic rings. The van der Waals surface area contributed by atoms with Gasteiger partial charge in [0.2, 0.25) is 0 Å². The summed E-state index contributed by atoms with van der Waals surface area (Å²) in [6.45, 7) is 6.81. The lowest BCUT2D eigenvalue weighted by molar-refractivity contribution is -0.149. The largest absolute Gasteiger partial charge is 0.466 e. The first kappa shape index (κ1) is 15.8. The van der Waals surface area contributed by atoms with Crippen LogP contribution in [0.4, 0.5) is 0 Å². The summed E-state index contributed by atoms with van der Waals surface area (Å²) in [5, 5.41) is 0. The van der Waals surface area contributed by atoms with E-state index in [4.69, 9.17) is 4.74 Å². The van der Waals surface area contributed by atoms with Gasteiger partial charge >= 0.3 is 5.97 Å². The Balaban J connectivity index is 1.73. The van der Waals surface area contributed by atoms with Crippen molar-refractivity contribution < 1.29 is 9.53 Å². The molecule has 2 fully saturated rings. The molecule has 0 saturated carbocycles. The van der Waals surface area contributed by atoms with Crippen molar-refractivity contribution in [3.8, 4) is 0 Å². The fraction of sp³-hybridized carbons (Fsp3) is 0.938. The van der Waals surface area contributed by atoms with Crippen LogP contribution in [0, 0.1) is 5.92 Å².